The van der Waals surface area contributed by atoms with Gasteiger partial charge in [0.2, 0.25) is 17.7 Å². The fourth-order valence-corrected chi connectivity index (χ4v) is 4.18. The van der Waals surface area contributed by atoms with Gasteiger partial charge in [-0.1, -0.05) is 74.5 Å². The molecule has 8 nitrogen and oxygen atoms in total. The lowest BCUT2D eigenvalue weighted by atomic mass is 9.87. The minimum atomic E-state index is -1.15. The van der Waals surface area contributed by atoms with Gasteiger partial charge in [0.05, 0.1) is 18.7 Å². The van der Waals surface area contributed by atoms with Gasteiger partial charge in [-0.2, -0.15) is 0 Å². The van der Waals surface area contributed by atoms with Crippen LogP contribution in [0.25, 0.3) is 22.4 Å². The molecule has 3 N–H and O–H groups in total. The molecule has 0 spiro atoms. The number of nitrogens with zero attached hydrogens (tertiary/aromatic N) is 1. The first kappa shape index (κ1) is 29.4. The maximum absolute atomic E-state index is 12.4. The first-order valence-electron chi connectivity index (χ1n) is 13.2. The van der Waals surface area contributed by atoms with Crippen molar-refractivity contribution in [2.45, 2.75) is 52.5 Å². The number of carboxylic acids is 1. The second-order valence-corrected chi connectivity index (χ2v) is 10.3. The summed E-state index contributed by atoms with van der Waals surface area (Å²) in [7, 11) is 0. The number of ether oxygens (including phenoxy) is 1. The molecular weight excluding hydrogens is 494 g/mol. The highest BCUT2D eigenvalue weighted by molar-refractivity contribution is 5.90. The van der Waals surface area contributed by atoms with E-state index >= 15 is 0 Å². The molecule has 1 aromatic heterocycles. The summed E-state index contributed by atoms with van der Waals surface area (Å²) in [5.74, 6) is -1.52. The normalized spacial score (nSPS) is 11.9. The van der Waals surface area contributed by atoms with Crippen molar-refractivity contribution in [2.75, 3.05) is 13.2 Å². The molecule has 0 aliphatic carbocycles. The van der Waals surface area contributed by atoms with Gasteiger partial charge in [0, 0.05) is 25.1 Å². The molecule has 0 fully saturated rings. The van der Waals surface area contributed by atoms with E-state index in [0.29, 0.717) is 19.0 Å². The highest BCUT2D eigenvalue weighted by Gasteiger charge is 2.25. The topological polar surface area (TPSA) is 118 Å². The lowest BCUT2D eigenvalue weighted by molar-refractivity contribution is -0.140. The molecule has 8 heteroatoms. The Bertz CT molecular complexity index is 1170. The van der Waals surface area contributed by atoms with Crippen LogP contribution in [-0.4, -0.2) is 47.1 Å². The van der Waals surface area contributed by atoms with E-state index in [2.05, 4.69) is 28.8 Å². The third kappa shape index (κ3) is 9.89. The van der Waals surface area contributed by atoms with Gasteiger partial charge in [-0.15, -0.1) is 0 Å². The van der Waals surface area contributed by atoms with Crippen molar-refractivity contribution < 1.29 is 24.2 Å². The molecule has 0 aliphatic heterocycles. The van der Waals surface area contributed by atoms with Gasteiger partial charge < -0.3 is 20.5 Å². The van der Waals surface area contributed by atoms with E-state index in [1.165, 1.54) is 6.92 Å². The molecule has 0 saturated heterocycles. The molecule has 2 aromatic carbocycles. The van der Waals surface area contributed by atoms with Crippen LogP contribution < -0.4 is 15.4 Å². The summed E-state index contributed by atoms with van der Waals surface area (Å²) >= 11 is 0. The number of hydrogen-bond acceptors (Lipinski definition) is 5. The maximum atomic E-state index is 12.4. The van der Waals surface area contributed by atoms with E-state index in [9.17, 15) is 14.4 Å². The summed E-state index contributed by atoms with van der Waals surface area (Å²) < 4.78 is 6.07. The van der Waals surface area contributed by atoms with Gasteiger partial charge >= 0.3 is 5.97 Å². The van der Waals surface area contributed by atoms with E-state index in [0.717, 1.165) is 41.6 Å². The Kier molecular flexibility index (Phi) is 10.6. The summed E-state index contributed by atoms with van der Waals surface area (Å²) in [5.41, 5.74) is 3.79. The second-order valence-electron chi connectivity index (χ2n) is 10.3. The molecule has 1 atom stereocenters. The molecule has 39 heavy (non-hydrogen) atoms. The van der Waals surface area contributed by atoms with E-state index in [1.54, 1.807) is 0 Å². The second kappa shape index (κ2) is 14.1. The summed E-state index contributed by atoms with van der Waals surface area (Å²) in [6, 6.07) is 23.1. The Morgan fingerprint density at radius 2 is 1.56 bits per heavy atom. The minimum Gasteiger partial charge on any atom is -0.481 e. The first-order chi connectivity index (χ1) is 18.6. The Morgan fingerprint density at radius 3 is 2.18 bits per heavy atom. The molecule has 206 valence electrons. The van der Waals surface area contributed by atoms with Crippen LogP contribution in [0.1, 0.15) is 46.5 Å². The van der Waals surface area contributed by atoms with Crippen LogP contribution in [0.3, 0.4) is 0 Å². The number of nitrogens with one attached hydrogen (secondary N) is 2. The number of amides is 2. The predicted octanol–water partition coefficient (Wildman–Crippen LogP) is 5.09. The number of carbonyl (C=O) groups is 3. The molecule has 3 rings (SSSR count). The van der Waals surface area contributed by atoms with E-state index in [1.807, 2.05) is 68.4 Å². The highest BCUT2D eigenvalue weighted by atomic mass is 16.5. The van der Waals surface area contributed by atoms with Crippen molar-refractivity contribution in [3.05, 3.63) is 72.8 Å². The molecule has 0 saturated carbocycles. The zero-order valence-corrected chi connectivity index (χ0v) is 22.8. The van der Waals surface area contributed by atoms with Crippen molar-refractivity contribution in [2.24, 2.45) is 5.41 Å². The van der Waals surface area contributed by atoms with Crippen molar-refractivity contribution in [1.29, 1.82) is 0 Å². The summed E-state index contributed by atoms with van der Waals surface area (Å²) in [4.78, 5) is 39.5. The van der Waals surface area contributed by atoms with Crippen LogP contribution in [0.5, 0.6) is 5.88 Å². The van der Waals surface area contributed by atoms with E-state index in [-0.39, 0.29) is 5.41 Å². The summed E-state index contributed by atoms with van der Waals surface area (Å²) in [6.07, 6.45) is 2.04. The van der Waals surface area contributed by atoms with Gasteiger partial charge in [0.25, 0.3) is 0 Å². The third-order valence-electron chi connectivity index (χ3n) is 6.29. The number of aromatic nitrogens is 1. The molecule has 0 aliphatic rings. The van der Waals surface area contributed by atoms with Gasteiger partial charge in [-0.25, -0.2) is 4.98 Å². The monoisotopic (exact) mass is 531 g/mol. The van der Waals surface area contributed by atoms with Gasteiger partial charge in [-0.05, 0) is 41.9 Å². The fourth-order valence-electron chi connectivity index (χ4n) is 4.18. The largest absolute Gasteiger partial charge is 0.481 e. The average molecular weight is 532 g/mol. The van der Waals surface area contributed by atoms with Crippen LogP contribution >= 0.6 is 0 Å². The zero-order chi connectivity index (χ0) is 28.3. The summed E-state index contributed by atoms with van der Waals surface area (Å²) in [6.45, 7) is 6.20. The van der Waals surface area contributed by atoms with Crippen LogP contribution in [0.15, 0.2) is 72.8 Å². The molecule has 0 bridgehead atoms. The smallest absolute Gasteiger partial charge is 0.305 e. The first-order valence-corrected chi connectivity index (χ1v) is 13.2. The summed E-state index contributed by atoms with van der Waals surface area (Å²) in [5, 5.41) is 14.2. The lowest BCUT2D eigenvalue weighted by Crippen LogP contribution is -2.49. The number of pyridine rings is 1. The molecule has 1 heterocycles. The zero-order valence-electron chi connectivity index (χ0n) is 22.8. The van der Waals surface area contributed by atoms with E-state index < -0.39 is 30.2 Å². The number of benzene rings is 2. The Labute approximate surface area is 229 Å². The van der Waals surface area contributed by atoms with Crippen molar-refractivity contribution >= 4 is 17.8 Å². The highest BCUT2D eigenvalue weighted by Crippen LogP contribution is 2.29. The molecular formula is C31H37N3O5. The number of carboxylic acid groups (broad SMARTS) is 1. The van der Waals surface area contributed by atoms with E-state index in [4.69, 9.17) is 14.8 Å². The number of rotatable bonds is 14. The molecule has 1 unspecified atom stereocenters. The van der Waals surface area contributed by atoms with Crippen molar-refractivity contribution in [3.63, 3.8) is 0 Å². The van der Waals surface area contributed by atoms with Crippen molar-refractivity contribution in [3.8, 4) is 28.3 Å². The van der Waals surface area contributed by atoms with Gasteiger partial charge in [0.1, 0.15) is 6.04 Å². The van der Waals surface area contributed by atoms with Gasteiger partial charge in [0.15, 0.2) is 0 Å². The van der Waals surface area contributed by atoms with Crippen molar-refractivity contribution in [1.82, 2.24) is 15.6 Å². The standard InChI is InChI=1S/C31H37N3O5/c1-22(35)33-27(20-29(36)37)30(38)32-21-31(2,3)16-10-11-17-39-28-19-25(23-12-6-4-7-13-23)18-26(34-28)24-14-8-5-9-15-24/h4-9,12-15,18-19,27H,10-11,16-17,20-21H2,1-3H3,(H,32,38)(H,33,35)(H,36,37). The maximum Gasteiger partial charge on any atom is 0.305 e. The fraction of sp³-hybridized carbons (Fsp3) is 0.355. The Balaban J connectivity index is 1.53. The minimum absolute atomic E-state index is 0.217. The lowest BCUT2D eigenvalue weighted by Gasteiger charge is -2.26. The Hall–Kier alpha value is -4.20. The van der Waals surface area contributed by atoms with Crippen LogP contribution in [-0.2, 0) is 14.4 Å². The molecule has 0 radical (unpaired) electrons. The quantitative estimate of drug-likeness (QED) is 0.250. The number of carbonyl (C=O) groups excluding carboxylic acids is 2. The number of unbranched alkanes of at least 4 members (excludes halogenated alkanes) is 1. The third-order valence-corrected chi connectivity index (χ3v) is 6.29. The number of hydrogen-bond donors (Lipinski definition) is 3. The van der Waals surface area contributed by atoms with Crippen LogP contribution in [0, 0.1) is 5.41 Å². The average Bonchev–Trinajstić information content (AvgIpc) is 2.91. The molecule has 3 aromatic rings. The number of aliphatic carboxylic acids is 1. The van der Waals surface area contributed by atoms with Crippen LogP contribution in [0.2, 0.25) is 0 Å². The predicted molar refractivity (Wildman–Crippen MR) is 151 cm³/mol. The SMILES string of the molecule is CC(=O)NC(CC(=O)O)C(=O)NCC(C)(C)CCCCOc1cc(-c2ccccc2)cc(-c2ccccc2)n1. The van der Waals surface area contributed by atoms with Crippen LogP contribution in [0.4, 0.5) is 0 Å². The van der Waals surface area contributed by atoms with Gasteiger partial charge in [-0.3, -0.25) is 14.4 Å². The Morgan fingerprint density at radius 1 is 0.923 bits per heavy atom. The molecule has 2 amide bonds.